The zero-order valence-corrected chi connectivity index (χ0v) is 15.3. The van der Waals surface area contributed by atoms with E-state index in [0.29, 0.717) is 0 Å². The Kier molecular flexibility index (Phi) is 5.98. The van der Waals surface area contributed by atoms with Gasteiger partial charge in [0.1, 0.15) is 5.75 Å². The number of quaternary nitrogens is 1. The zero-order valence-electron chi connectivity index (χ0n) is 15.3. The van der Waals surface area contributed by atoms with Gasteiger partial charge in [-0.25, -0.2) is 4.79 Å². The molecule has 0 aromatic heterocycles. The van der Waals surface area contributed by atoms with E-state index in [4.69, 9.17) is 0 Å². The average molecular weight is 361 g/mol. The minimum atomic E-state index is -0.374. The number of imide groups is 1. The molecule has 7 heteroatoms. The predicted octanol–water partition coefficient (Wildman–Crippen LogP) is 0.254. The van der Waals surface area contributed by atoms with Crippen molar-refractivity contribution in [2.75, 3.05) is 31.1 Å². The highest BCUT2D eigenvalue weighted by molar-refractivity contribution is 5.96. The number of urea groups is 1. The summed E-state index contributed by atoms with van der Waals surface area (Å²) in [6.45, 7) is 4.96. The lowest BCUT2D eigenvalue weighted by Gasteiger charge is -2.36. The van der Waals surface area contributed by atoms with Crippen LogP contribution in [0.3, 0.4) is 0 Å². The van der Waals surface area contributed by atoms with Crippen molar-refractivity contribution in [2.24, 2.45) is 0 Å². The van der Waals surface area contributed by atoms with Crippen molar-refractivity contribution in [2.45, 2.75) is 44.7 Å². The first-order valence-corrected chi connectivity index (χ1v) is 9.53. The second-order valence-corrected chi connectivity index (χ2v) is 7.30. The molecule has 1 aliphatic heterocycles. The van der Waals surface area contributed by atoms with E-state index in [0.717, 1.165) is 62.4 Å². The summed E-state index contributed by atoms with van der Waals surface area (Å²) in [4.78, 5) is 27.7. The van der Waals surface area contributed by atoms with Gasteiger partial charge in [0.05, 0.1) is 31.9 Å². The van der Waals surface area contributed by atoms with Crippen molar-refractivity contribution in [3.63, 3.8) is 0 Å². The summed E-state index contributed by atoms with van der Waals surface area (Å²) < 4.78 is 0. The van der Waals surface area contributed by atoms with Gasteiger partial charge in [-0.2, -0.15) is 0 Å². The summed E-state index contributed by atoms with van der Waals surface area (Å²) in [6, 6.07) is 6.86. The van der Waals surface area contributed by atoms with Gasteiger partial charge in [-0.1, -0.05) is 25.0 Å². The molecule has 1 aromatic rings. The third-order valence-electron chi connectivity index (χ3n) is 5.56. The minimum Gasteiger partial charge on any atom is -0.506 e. The number of anilines is 1. The van der Waals surface area contributed by atoms with Gasteiger partial charge in [0.15, 0.2) is 6.04 Å². The van der Waals surface area contributed by atoms with Gasteiger partial charge in [0, 0.05) is 6.04 Å². The molecule has 0 radical (unpaired) electrons. The van der Waals surface area contributed by atoms with Crippen LogP contribution in [0.4, 0.5) is 10.5 Å². The number of nitrogens with zero attached hydrogens (tertiary/aromatic N) is 1. The molecule has 26 heavy (non-hydrogen) atoms. The number of rotatable bonds is 4. The van der Waals surface area contributed by atoms with Crippen LogP contribution in [0.5, 0.6) is 5.75 Å². The summed E-state index contributed by atoms with van der Waals surface area (Å²) in [7, 11) is 0. The van der Waals surface area contributed by atoms with Crippen molar-refractivity contribution in [3.8, 4) is 5.75 Å². The summed E-state index contributed by atoms with van der Waals surface area (Å²) in [5, 5.41) is 15.4. The molecule has 7 nitrogen and oxygen atoms in total. The van der Waals surface area contributed by atoms with E-state index >= 15 is 0 Å². The molecule has 2 aliphatic rings. The maximum atomic E-state index is 12.4. The van der Waals surface area contributed by atoms with E-state index in [1.807, 2.05) is 25.1 Å². The van der Waals surface area contributed by atoms with Crippen molar-refractivity contribution in [1.82, 2.24) is 10.6 Å². The molecule has 1 aliphatic carbocycles. The molecule has 1 heterocycles. The quantitative estimate of drug-likeness (QED) is 0.619. The topological polar surface area (TPSA) is 86.1 Å². The molecule has 3 amide bonds. The van der Waals surface area contributed by atoms with Gasteiger partial charge < -0.3 is 20.2 Å². The van der Waals surface area contributed by atoms with Crippen LogP contribution < -0.4 is 20.4 Å². The van der Waals surface area contributed by atoms with Crippen molar-refractivity contribution < 1.29 is 19.6 Å². The molecule has 1 saturated carbocycles. The third kappa shape index (κ3) is 4.46. The molecule has 3 rings (SSSR count). The first-order valence-electron chi connectivity index (χ1n) is 9.53. The second-order valence-electron chi connectivity index (χ2n) is 7.30. The molecule has 2 fully saturated rings. The lowest BCUT2D eigenvalue weighted by molar-refractivity contribution is -0.914. The van der Waals surface area contributed by atoms with Crippen LogP contribution in [0, 0.1) is 0 Å². The molecular formula is C19H29N4O3+. The normalized spacial score (nSPS) is 20.0. The maximum Gasteiger partial charge on any atom is 0.321 e. The van der Waals surface area contributed by atoms with Gasteiger partial charge in [-0.3, -0.25) is 10.1 Å². The summed E-state index contributed by atoms with van der Waals surface area (Å²) in [6.07, 6.45) is 4.27. The molecule has 142 valence electrons. The van der Waals surface area contributed by atoms with Crippen LogP contribution in [-0.2, 0) is 4.79 Å². The highest BCUT2D eigenvalue weighted by Crippen LogP contribution is 2.26. The number of piperazine rings is 1. The Labute approximate surface area is 154 Å². The van der Waals surface area contributed by atoms with Crippen LogP contribution in [0.1, 0.15) is 32.6 Å². The number of carbonyl (C=O) groups is 2. The van der Waals surface area contributed by atoms with Gasteiger partial charge in [0.2, 0.25) is 0 Å². The predicted molar refractivity (Wildman–Crippen MR) is 99.4 cm³/mol. The Hall–Kier alpha value is -2.28. The fourth-order valence-corrected chi connectivity index (χ4v) is 3.90. The fraction of sp³-hybridized carbons (Fsp3) is 0.579. The number of carbonyl (C=O) groups excluding carboxylic acids is 2. The number of nitrogens with one attached hydrogen (secondary N) is 3. The highest BCUT2D eigenvalue weighted by Gasteiger charge is 2.31. The van der Waals surface area contributed by atoms with Gasteiger partial charge >= 0.3 is 6.03 Å². The highest BCUT2D eigenvalue weighted by atomic mass is 16.3. The number of phenols is 1. The minimum absolute atomic E-state index is 0.201. The standard InChI is InChI=1S/C19H28N4O3/c1-14(18(25)21-19(26)20-15-6-2-3-7-15)22-10-12-23(13-11-22)16-8-4-5-9-17(16)24/h4-5,8-9,14-15,24H,2-3,6-7,10-13H2,1H3,(H2,20,21,25,26)/p+1/t14-/m1/s1. The first kappa shape index (κ1) is 18.5. The number of hydrogen-bond acceptors (Lipinski definition) is 4. The summed E-state index contributed by atoms with van der Waals surface area (Å²) >= 11 is 0. The molecule has 0 spiro atoms. The lowest BCUT2D eigenvalue weighted by Crippen LogP contribution is -3.19. The van der Waals surface area contributed by atoms with Gasteiger partial charge in [0.25, 0.3) is 5.91 Å². The van der Waals surface area contributed by atoms with Crippen LogP contribution in [-0.4, -0.2) is 55.3 Å². The second kappa shape index (κ2) is 8.40. The molecule has 4 N–H and O–H groups in total. The van der Waals surface area contributed by atoms with E-state index in [-0.39, 0.29) is 29.8 Å². The number of amides is 3. The van der Waals surface area contributed by atoms with E-state index in [9.17, 15) is 14.7 Å². The first-order chi connectivity index (χ1) is 12.5. The summed E-state index contributed by atoms with van der Waals surface area (Å²) in [5.41, 5.74) is 0.833. The number of para-hydroxylation sites is 2. The van der Waals surface area contributed by atoms with Crippen molar-refractivity contribution in [3.05, 3.63) is 24.3 Å². The smallest absolute Gasteiger partial charge is 0.321 e. The Morgan fingerprint density at radius 3 is 2.50 bits per heavy atom. The number of hydrogen-bond donors (Lipinski definition) is 4. The third-order valence-corrected chi connectivity index (χ3v) is 5.56. The van der Waals surface area contributed by atoms with E-state index in [1.165, 1.54) is 0 Å². The van der Waals surface area contributed by atoms with E-state index < -0.39 is 0 Å². The van der Waals surface area contributed by atoms with Crippen molar-refractivity contribution in [1.29, 1.82) is 0 Å². The van der Waals surface area contributed by atoms with Gasteiger partial charge in [-0.15, -0.1) is 0 Å². The number of aromatic hydroxyl groups is 1. The SMILES string of the molecule is C[C@H](C(=O)NC(=O)NC1CCCC1)[NH+]1CCN(c2ccccc2O)CC1. The summed E-state index contributed by atoms with van der Waals surface area (Å²) in [5.74, 6) is 0.0526. The van der Waals surface area contributed by atoms with Crippen molar-refractivity contribution >= 4 is 17.6 Å². The molecule has 1 saturated heterocycles. The molecular weight excluding hydrogens is 332 g/mol. The van der Waals surface area contributed by atoms with Crippen LogP contribution in [0.15, 0.2) is 24.3 Å². The number of benzene rings is 1. The molecule has 0 unspecified atom stereocenters. The van der Waals surface area contributed by atoms with Gasteiger partial charge in [-0.05, 0) is 31.9 Å². The molecule has 1 aromatic carbocycles. The van der Waals surface area contributed by atoms with E-state index in [1.54, 1.807) is 6.07 Å². The lowest BCUT2D eigenvalue weighted by atomic mass is 10.2. The fourth-order valence-electron chi connectivity index (χ4n) is 3.90. The monoisotopic (exact) mass is 361 g/mol. The molecule has 0 bridgehead atoms. The largest absolute Gasteiger partial charge is 0.506 e. The Bertz CT molecular complexity index is 637. The van der Waals surface area contributed by atoms with Crippen LogP contribution in [0.2, 0.25) is 0 Å². The molecule has 1 atom stereocenters. The van der Waals surface area contributed by atoms with Crippen LogP contribution in [0.25, 0.3) is 0 Å². The van der Waals surface area contributed by atoms with Crippen LogP contribution >= 0.6 is 0 Å². The zero-order chi connectivity index (χ0) is 18.5. The Morgan fingerprint density at radius 1 is 1.19 bits per heavy atom. The average Bonchev–Trinajstić information content (AvgIpc) is 3.14. The number of phenolic OH excluding ortho intramolecular Hbond substituents is 1. The Balaban J connectivity index is 1.46. The maximum absolute atomic E-state index is 12.4. The Morgan fingerprint density at radius 2 is 1.85 bits per heavy atom. The van der Waals surface area contributed by atoms with E-state index in [2.05, 4.69) is 15.5 Å².